The molecule has 0 fully saturated rings. The van der Waals surface area contributed by atoms with Gasteiger partial charge in [-0.25, -0.2) is 14.8 Å². The van der Waals surface area contributed by atoms with Gasteiger partial charge in [0, 0.05) is 0 Å². The van der Waals surface area contributed by atoms with Crippen LogP contribution in [0.25, 0.3) is 12.2 Å². The van der Waals surface area contributed by atoms with Crippen molar-refractivity contribution in [2.24, 2.45) is 0 Å². The number of hydrogen-bond acceptors (Lipinski definition) is 4. The molecule has 4 N–H and O–H groups in total. The molecule has 1 heterocycles. The average Bonchev–Trinajstić information content (AvgIpc) is 2.44. The van der Waals surface area contributed by atoms with Crippen molar-refractivity contribution in [1.29, 1.82) is 0 Å². The number of carbonyl (C=O) groups is 1. The zero-order valence-electron chi connectivity index (χ0n) is 10.9. The summed E-state index contributed by atoms with van der Waals surface area (Å²) in [5.41, 5.74) is -2.07. The van der Waals surface area contributed by atoms with E-state index in [9.17, 15) is 19.3 Å². The fourth-order valence-electron chi connectivity index (χ4n) is 1.72. The first-order valence-electron chi connectivity index (χ1n) is 5.92. The zero-order chi connectivity index (χ0) is 16.3. The van der Waals surface area contributed by atoms with Gasteiger partial charge in [0.15, 0.2) is 0 Å². The van der Waals surface area contributed by atoms with E-state index in [0.29, 0.717) is 5.56 Å². The Balaban J connectivity index is 2.42. The molecule has 9 nitrogen and oxygen atoms in total. The van der Waals surface area contributed by atoms with Crippen molar-refractivity contribution in [1.82, 2.24) is 9.97 Å². The second-order valence-electron chi connectivity index (χ2n) is 4.20. The van der Waals surface area contributed by atoms with Crippen LogP contribution < -0.4 is 11.2 Å². The molecule has 9 heteroatoms. The number of rotatable bonds is 4. The lowest BCUT2D eigenvalue weighted by Crippen LogP contribution is -2.26. The average molecular weight is 304 g/mol. The number of aromatic nitrogens is 2. The van der Waals surface area contributed by atoms with Crippen LogP contribution in [0.4, 0.5) is 5.69 Å². The Bertz CT molecular complexity index is 876. The highest BCUT2D eigenvalue weighted by Gasteiger charge is 2.23. The van der Waals surface area contributed by atoms with Crippen molar-refractivity contribution >= 4 is 23.8 Å². The number of nitrogens with zero attached hydrogens (tertiary/aromatic N) is 1. The minimum Gasteiger partial charge on any atom is -0.478 e. The van der Waals surface area contributed by atoms with Gasteiger partial charge in [0.2, 0.25) is 0 Å². The maximum Gasteiger partial charge on any atom is 0.404 e. The molecule has 0 radical (unpaired) electrons. The standard InChI is InChI=1S/C13H9N3O6/c17-11-10(16(21)22)9(14-13(20)15-11)6-3-7-1-4-8(5-2-7)12(18)19/h1-6H,(H3-,14,15,17,18,19,20,21,22)/p+1/b6-3+. The monoisotopic (exact) mass is 304 g/mol. The SMILES string of the molecule is O=C(O)c1ccc(/C=C/c2[nH]c(=O)[nH]c(=O)c2[N+](=O)O)cc1. The van der Waals surface area contributed by atoms with E-state index in [1.54, 1.807) is 0 Å². The van der Waals surface area contributed by atoms with Gasteiger partial charge in [-0.3, -0.25) is 9.78 Å². The molecule has 0 aliphatic rings. The summed E-state index contributed by atoms with van der Waals surface area (Å²) in [6.07, 6.45) is 2.67. The van der Waals surface area contributed by atoms with Crippen LogP contribution in [0.1, 0.15) is 21.6 Å². The summed E-state index contributed by atoms with van der Waals surface area (Å²) < 4.78 is 0. The lowest BCUT2D eigenvalue weighted by molar-refractivity contribution is -0.730. The van der Waals surface area contributed by atoms with Gasteiger partial charge in [-0.2, -0.15) is 0 Å². The predicted octanol–water partition coefficient (Wildman–Crippen LogP) is 0.731. The third kappa shape index (κ3) is 3.15. The van der Waals surface area contributed by atoms with Crippen LogP contribution >= 0.6 is 0 Å². The second-order valence-corrected chi connectivity index (χ2v) is 4.20. The van der Waals surface area contributed by atoms with Crippen LogP contribution in [0.5, 0.6) is 0 Å². The molecule has 0 amide bonds. The van der Waals surface area contributed by atoms with Gasteiger partial charge >= 0.3 is 22.9 Å². The third-order valence-electron chi connectivity index (χ3n) is 2.74. The maximum absolute atomic E-state index is 11.5. The van der Waals surface area contributed by atoms with E-state index >= 15 is 0 Å². The van der Waals surface area contributed by atoms with Crippen LogP contribution in [0.3, 0.4) is 0 Å². The fourth-order valence-corrected chi connectivity index (χ4v) is 1.72. The van der Waals surface area contributed by atoms with E-state index in [2.05, 4.69) is 4.98 Å². The van der Waals surface area contributed by atoms with Gasteiger partial charge in [-0.1, -0.05) is 18.2 Å². The van der Waals surface area contributed by atoms with Crippen LogP contribution in [0, 0.1) is 4.91 Å². The van der Waals surface area contributed by atoms with Gasteiger partial charge in [0.05, 0.1) is 10.5 Å². The second kappa shape index (κ2) is 5.87. The van der Waals surface area contributed by atoms with Gasteiger partial charge < -0.3 is 10.1 Å². The van der Waals surface area contributed by atoms with Gasteiger partial charge in [0.25, 0.3) is 4.92 Å². The Morgan fingerprint density at radius 3 is 2.27 bits per heavy atom. The summed E-state index contributed by atoms with van der Waals surface area (Å²) in [6.45, 7) is 0. The molecule has 0 bridgehead atoms. The number of H-pyrrole nitrogens is 2. The van der Waals surface area contributed by atoms with Crippen molar-refractivity contribution in [2.75, 3.05) is 0 Å². The first kappa shape index (κ1) is 14.9. The van der Waals surface area contributed by atoms with Crippen LogP contribution in [-0.2, 0) is 0 Å². The largest absolute Gasteiger partial charge is 0.478 e. The minimum atomic E-state index is -1.07. The van der Waals surface area contributed by atoms with Gasteiger partial charge in [-0.05, 0) is 23.8 Å². The fraction of sp³-hybridized carbons (Fsp3) is 0. The number of aromatic amines is 2. The summed E-state index contributed by atoms with van der Waals surface area (Å²) >= 11 is 0. The van der Waals surface area contributed by atoms with Crippen molar-refractivity contribution < 1.29 is 20.0 Å². The van der Waals surface area contributed by atoms with E-state index < -0.39 is 27.8 Å². The molecule has 1 aromatic carbocycles. The highest BCUT2D eigenvalue weighted by Crippen LogP contribution is 2.13. The van der Waals surface area contributed by atoms with E-state index in [4.69, 9.17) is 10.3 Å². The highest BCUT2D eigenvalue weighted by molar-refractivity contribution is 5.88. The molecule has 2 rings (SSSR count). The number of carboxylic acid groups (broad SMARTS) is 1. The number of benzene rings is 1. The van der Waals surface area contributed by atoms with Crippen LogP contribution in [0.15, 0.2) is 33.9 Å². The smallest absolute Gasteiger partial charge is 0.404 e. The van der Waals surface area contributed by atoms with Gasteiger partial charge in [-0.15, -0.1) is 0 Å². The lowest BCUT2D eigenvalue weighted by atomic mass is 10.1. The highest BCUT2D eigenvalue weighted by atomic mass is 16.6. The molecule has 0 spiro atoms. The number of aromatic carboxylic acids is 1. The number of carboxylic acids is 1. The lowest BCUT2D eigenvalue weighted by Gasteiger charge is -1.96. The van der Waals surface area contributed by atoms with Crippen molar-refractivity contribution in [3.8, 4) is 0 Å². The minimum absolute atomic E-state index is 0.100. The van der Waals surface area contributed by atoms with E-state index in [0.717, 1.165) is 0 Å². The molecule has 0 saturated heterocycles. The topological polar surface area (TPSA) is 143 Å². The van der Waals surface area contributed by atoms with E-state index in [1.165, 1.54) is 36.4 Å². The Kier molecular flexibility index (Phi) is 3.98. The van der Waals surface area contributed by atoms with Crippen molar-refractivity contribution in [3.63, 3.8) is 0 Å². The van der Waals surface area contributed by atoms with Crippen LogP contribution in [-0.4, -0.2) is 31.2 Å². The maximum atomic E-state index is 11.5. The first-order valence-corrected chi connectivity index (χ1v) is 5.92. The summed E-state index contributed by atoms with van der Waals surface area (Å²) in [6, 6.07) is 5.74. The normalized spacial score (nSPS) is 10.7. The Morgan fingerprint density at radius 2 is 1.73 bits per heavy atom. The van der Waals surface area contributed by atoms with Crippen LogP contribution in [0.2, 0.25) is 0 Å². The number of hydrogen-bond donors (Lipinski definition) is 4. The third-order valence-corrected chi connectivity index (χ3v) is 2.74. The summed E-state index contributed by atoms with van der Waals surface area (Å²) in [5, 5.41) is 17.7. The molecule has 112 valence electrons. The van der Waals surface area contributed by atoms with E-state index in [1.807, 2.05) is 4.98 Å². The Labute approximate surface area is 121 Å². The van der Waals surface area contributed by atoms with Crippen molar-refractivity contribution in [2.45, 2.75) is 0 Å². The molecule has 0 aliphatic carbocycles. The Hall–Kier alpha value is -3.49. The van der Waals surface area contributed by atoms with Gasteiger partial charge in [0.1, 0.15) is 5.69 Å². The first-order chi connectivity index (χ1) is 10.4. The summed E-state index contributed by atoms with van der Waals surface area (Å²) in [4.78, 5) is 47.7. The predicted molar refractivity (Wildman–Crippen MR) is 75.1 cm³/mol. The summed E-state index contributed by atoms with van der Waals surface area (Å²) in [7, 11) is 0. The summed E-state index contributed by atoms with van der Waals surface area (Å²) in [5.74, 6) is -1.07. The molecular weight excluding hydrogens is 294 g/mol. The Morgan fingerprint density at radius 1 is 1.09 bits per heavy atom. The molecule has 22 heavy (non-hydrogen) atoms. The molecule has 1 aromatic heterocycles. The molecule has 0 unspecified atom stereocenters. The molecule has 2 aromatic rings. The molecule has 0 aliphatic heterocycles. The van der Waals surface area contributed by atoms with E-state index in [-0.39, 0.29) is 11.3 Å². The quantitative estimate of drug-likeness (QED) is 0.613. The molecule has 0 saturated carbocycles. The van der Waals surface area contributed by atoms with Crippen molar-refractivity contribution in [3.05, 3.63) is 66.8 Å². The zero-order valence-corrected chi connectivity index (χ0v) is 10.9. The molecule has 0 atom stereocenters. The molecular formula is C13H10N3O6+. The number of nitrogens with one attached hydrogen (secondary N) is 2.